The quantitative estimate of drug-likeness (QED) is 0.133. The zero-order valence-electron chi connectivity index (χ0n) is 22.0. The summed E-state index contributed by atoms with van der Waals surface area (Å²) in [4.78, 5) is 29.0. The van der Waals surface area contributed by atoms with Crippen molar-refractivity contribution < 1.29 is 27.9 Å². The third-order valence-corrected chi connectivity index (χ3v) is 7.32. The second-order valence-electron chi connectivity index (χ2n) is 9.88. The average Bonchev–Trinajstić information content (AvgIpc) is 3.55. The maximum Gasteiger partial charge on any atom is 0.334 e. The lowest BCUT2D eigenvalue weighted by atomic mass is 9.83. The molecule has 1 amide bonds. The molecule has 9 heteroatoms. The number of rotatable bonds is 7. The summed E-state index contributed by atoms with van der Waals surface area (Å²) in [5, 5.41) is 6.55. The van der Waals surface area contributed by atoms with E-state index in [2.05, 4.69) is 10.5 Å². The highest BCUT2D eigenvalue weighted by atomic mass is 19.1. The highest BCUT2D eigenvalue weighted by molar-refractivity contribution is 5.97. The largest absolute Gasteiger partial charge is 0.380 e. The molecule has 0 aromatic heterocycles. The van der Waals surface area contributed by atoms with Crippen LogP contribution in [0.15, 0.2) is 84.0 Å². The van der Waals surface area contributed by atoms with Crippen LogP contribution in [0.3, 0.4) is 0 Å². The SMILES string of the molecule is CCC(=O)ON=C(N)c1ccc(CNC(=O)c2ccc3c(c2)[C@@H]2O[C@H]3c3ccc(-c4ccc(F)cc4F)cc32)cc1. The Hall–Kier alpha value is -4.89. The zero-order chi connectivity index (χ0) is 28.7. The Morgan fingerprint density at radius 3 is 2.29 bits per heavy atom. The van der Waals surface area contributed by atoms with E-state index in [0.29, 0.717) is 22.3 Å². The van der Waals surface area contributed by atoms with Gasteiger partial charge in [-0.05, 0) is 63.7 Å². The molecule has 0 unspecified atom stereocenters. The summed E-state index contributed by atoms with van der Waals surface area (Å²) in [7, 11) is 0. The van der Waals surface area contributed by atoms with E-state index in [-0.39, 0.29) is 36.9 Å². The van der Waals surface area contributed by atoms with Crippen LogP contribution in [-0.2, 0) is 20.9 Å². The van der Waals surface area contributed by atoms with Gasteiger partial charge in [-0.3, -0.25) is 4.79 Å². The molecule has 3 N–H and O–H groups in total. The molecular formula is C32H25F2N3O4. The van der Waals surface area contributed by atoms with Crippen molar-refractivity contribution in [1.29, 1.82) is 0 Å². The van der Waals surface area contributed by atoms with E-state index < -0.39 is 17.6 Å². The van der Waals surface area contributed by atoms with Crippen LogP contribution in [0.2, 0.25) is 0 Å². The monoisotopic (exact) mass is 553 g/mol. The number of nitrogens with zero attached hydrogens (tertiary/aromatic N) is 1. The van der Waals surface area contributed by atoms with Crippen molar-refractivity contribution in [3.05, 3.63) is 129 Å². The lowest BCUT2D eigenvalue weighted by molar-refractivity contribution is -0.143. The molecule has 41 heavy (non-hydrogen) atoms. The number of nitrogens with one attached hydrogen (secondary N) is 1. The summed E-state index contributed by atoms with van der Waals surface area (Å²) in [6.07, 6.45) is -0.437. The first-order chi connectivity index (χ1) is 19.8. The van der Waals surface area contributed by atoms with Gasteiger partial charge in [0.25, 0.3) is 5.91 Å². The molecule has 2 aliphatic rings. The van der Waals surface area contributed by atoms with Crippen LogP contribution < -0.4 is 11.1 Å². The van der Waals surface area contributed by atoms with Crippen molar-refractivity contribution in [2.24, 2.45) is 10.9 Å². The molecule has 6 rings (SSSR count). The van der Waals surface area contributed by atoms with Crippen LogP contribution in [0.1, 0.15) is 69.3 Å². The fraction of sp³-hybridized carbons (Fsp3) is 0.156. The van der Waals surface area contributed by atoms with E-state index in [9.17, 15) is 18.4 Å². The summed E-state index contributed by atoms with van der Waals surface area (Å²) in [5.74, 6) is -1.90. The highest BCUT2D eigenvalue weighted by Crippen LogP contribution is 2.54. The van der Waals surface area contributed by atoms with Gasteiger partial charge in [0.1, 0.15) is 23.8 Å². The number of amidine groups is 1. The number of hydrogen-bond donors (Lipinski definition) is 2. The van der Waals surface area contributed by atoms with Crippen LogP contribution >= 0.6 is 0 Å². The number of benzene rings is 4. The third kappa shape index (κ3) is 4.96. The van der Waals surface area contributed by atoms with Crippen LogP contribution in [0.25, 0.3) is 11.1 Å². The minimum Gasteiger partial charge on any atom is -0.380 e. The van der Waals surface area contributed by atoms with Gasteiger partial charge in [-0.15, -0.1) is 0 Å². The van der Waals surface area contributed by atoms with Gasteiger partial charge < -0.3 is 20.6 Å². The Bertz CT molecular complexity index is 1720. The van der Waals surface area contributed by atoms with Gasteiger partial charge in [0, 0.05) is 35.7 Å². The first kappa shape index (κ1) is 26.3. The van der Waals surface area contributed by atoms with Crippen LogP contribution in [0.5, 0.6) is 0 Å². The van der Waals surface area contributed by atoms with Gasteiger partial charge in [-0.2, -0.15) is 0 Å². The number of oxime groups is 1. The van der Waals surface area contributed by atoms with Crippen LogP contribution in [0.4, 0.5) is 8.78 Å². The number of carbonyl (C=O) groups excluding carboxylic acids is 2. The van der Waals surface area contributed by atoms with E-state index in [1.165, 1.54) is 12.1 Å². The zero-order valence-corrected chi connectivity index (χ0v) is 22.0. The van der Waals surface area contributed by atoms with Gasteiger partial charge >= 0.3 is 5.97 Å². The van der Waals surface area contributed by atoms with Gasteiger partial charge in [0.15, 0.2) is 5.84 Å². The molecule has 0 fully saturated rings. The van der Waals surface area contributed by atoms with Crippen LogP contribution in [0, 0.1) is 11.6 Å². The van der Waals surface area contributed by atoms with Crippen molar-refractivity contribution in [2.75, 3.05) is 0 Å². The number of fused-ring (bicyclic) bond motifs is 8. The molecule has 7 nitrogen and oxygen atoms in total. The third-order valence-electron chi connectivity index (χ3n) is 7.32. The van der Waals surface area contributed by atoms with Crippen molar-refractivity contribution in [1.82, 2.24) is 5.32 Å². The number of ether oxygens (including phenoxy) is 1. The van der Waals surface area contributed by atoms with Crippen molar-refractivity contribution in [3.63, 3.8) is 0 Å². The number of amides is 1. The molecule has 2 heterocycles. The number of carbonyl (C=O) groups is 2. The molecule has 2 bridgehead atoms. The summed E-state index contributed by atoms with van der Waals surface area (Å²) in [6.45, 7) is 1.95. The fourth-order valence-electron chi connectivity index (χ4n) is 5.17. The molecule has 2 atom stereocenters. The highest BCUT2D eigenvalue weighted by Gasteiger charge is 2.43. The standard InChI is InChI=1S/C32H25F2N3O4/c1-2-28(38)41-37-31(35)18-5-3-17(4-6-18)16-36-32(39)20-8-11-24-26(14-20)30-25-13-19(7-10-23(25)29(24)40-30)22-12-9-21(33)15-27(22)34/h3-15,29-30H,2,16H2,1H3,(H2,35,37)(H,36,39)/t29-,30+/m0/s1. The van der Waals surface area contributed by atoms with Crippen molar-refractivity contribution in [3.8, 4) is 11.1 Å². The average molecular weight is 554 g/mol. The molecule has 0 spiro atoms. The summed E-state index contributed by atoms with van der Waals surface area (Å²) in [6, 6.07) is 21.7. The maximum absolute atomic E-state index is 14.4. The van der Waals surface area contributed by atoms with E-state index in [0.717, 1.165) is 33.9 Å². The summed E-state index contributed by atoms with van der Waals surface area (Å²) in [5.41, 5.74) is 12.5. The van der Waals surface area contributed by atoms with E-state index in [1.807, 2.05) is 30.3 Å². The van der Waals surface area contributed by atoms with E-state index in [1.54, 1.807) is 37.3 Å². The minimum absolute atomic E-state index is 0.0774. The topological polar surface area (TPSA) is 103 Å². The summed E-state index contributed by atoms with van der Waals surface area (Å²) >= 11 is 0. The molecule has 2 aliphatic heterocycles. The van der Waals surface area contributed by atoms with Crippen molar-refractivity contribution >= 4 is 17.7 Å². The first-order valence-corrected chi connectivity index (χ1v) is 13.1. The lowest BCUT2D eigenvalue weighted by Crippen LogP contribution is -2.23. The molecule has 0 radical (unpaired) electrons. The minimum atomic E-state index is -0.628. The molecule has 4 aromatic carbocycles. The Morgan fingerprint density at radius 1 is 0.878 bits per heavy atom. The molecule has 4 aromatic rings. The van der Waals surface area contributed by atoms with Gasteiger partial charge in [0.05, 0.1) is 0 Å². The van der Waals surface area contributed by atoms with Crippen molar-refractivity contribution in [2.45, 2.75) is 32.1 Å². The predicted octanol–water partition coefficient (Wildman–Crippen LogP) is 5.66. The van der Waals surface area contributed by atoms with E-state index in [4.69, 9.17) is 15.3 Å². The maximum atomic E-state index is 14.4. The van der Waals surface area contributed by atoms with E-state index >= 15 is 0 Å². The Balaban J connectivity index is 1.15. The molecule has 0 aliphatic carbocycles. The normalized spacial score (nSPS) is 16.7. The van der Waals surface area contributed by atoms with Gasteiger partial charge in [-0.1, -0.05) is 54.5 Å². The molecule has 0 saturated heterocycles. The fourth-order valence-corrected chi connectivity index (χ4v) is 5.17. The Kier molecular flexibility index (Phi) is 6.80. The first-order valence-electron chi connectivity index (χ1n) is 13.1. The Labute approximate surface area is 234 Å². The number of halogens is 2. The predicted molar refractivity (Wildman–Crippen MR) is 148 cm³/mol. The Morgan fingerprint density at radius 2 is 1.56 bits per heavy atom. The smallest absolute Gasteiger partial charge is 0.334 e. The number of hydrogen-bond acceptors (Lipinski definition) is 5. The second kappa shape index (κ2) is 10.6. The van der Waals surface area contributed by atoms with Crippen LogP contribution in [-0.4, -0.2) is 17.7 Å². The summed E-state index contributed by atoms with van der Waals surface area (Å²) < 4.78 is 34.1. The molecular weight excluding hydrogens is 528 g/mol. The molecule has 0 saturated carbocycles. The number of nitrogens with two attached hydrogens (primary N) is 1. The second-order valence-corrected chi connectivity index (χ2v) is 9.88. The van der Waals surface area contributed by atoms with Gasteiger partial charge in [0.2, 0.25) is 0 Å². The molecule has 206 valence electrons. The van der Waals surface area contributed by atoms with Gasteiger partial charge in [-0.25, -0.2) is 13.6 Å². The lowest BCUT2D eigenvalue weighted by Gasteiger charge is -2.18.